The molecule has 1 N–H and O–H groups in total. The van der Waals surface area contributed by atoms with Crippen molar-refractivity contribution in [3.63, 3.8) is 0 Å². The average molecular weight is 396 g/mol. The number of hydrogen-bond acceptors (Lipinski definition) is 5. The summed E-state index contributed by atoms with van der Waals surface area (Å²) in [6.45, 7) is 1.66. The molecule has 0 fully saturated rings. The second kappa shape index (κ2) is 8.33. The summed E-state index contributed by atoms with van der Waals surface area (Å²) >= 11 is 5.80. The van der Waals surface area contributed by atoms with Gasteiger partial charge in [0.25, 0.3) is 5.91 Å². The average Bonchev–Trinajstić information content (AvgIpc) is 2.60. The lowest BCUT2D eigenvalue weighted by Gasteiger charge is -2.14. The Hall–Kier alpha value is -2.38. The van der Waals surface area contributed by atoms with E-state index in [1.165, 1.54) is 31.2 Å². The van der Waals surface area contributed by atoms with Gasteiger partial charge in [-0.3, -0.25) is 4.79 Å². The highest BCUT2D eigenvalue weighted by molar-refractivity contribution is 7.90. The highest BCUT2D eigenvalue weighted by atomic mass is 35.5. The summed E-state index contributed by atoms with van der Waals surface area (Å²) in [5.74, 6) is -1.37. The fourth-order valence-electron chi connectivity index (χ4n) is 2.17. The number of carbonyl (C=O) groups is 2. The van der Waals surface area contributed by atoms with Crippen molar-refractivity contribution < 1.29 is 22.7 Å². The second-order valence-electron chi connectivity index (χ2n) is 5.66. The van der Waals surface area contributed by atoms with Crippen molar-refractivity contribution in [1.82, 2.24) is 5.32 Å². The van der Waals surface area contributed by atoms with Gasteiger partial charge in [0.15, 0.2) is 15.9 Å². The van der Waals surface area contributed by atoms with Crippen molar-refractivity contribution in [2.75, 3.05) is 6.26 Å². The maximum absolute atomic E-state index is 12.3. The van der Waals surface area contributed by atoms with E-state index in [0.29, 0.717) is 5.02 Å². The first-order valence-electron chi connectivity index (χ1n) is 7.70. The van der Waals surface area contributed by atoms with Gasteiger partial charge in [-0.25, -0.2) is 13.2 Å². The van der Waals surface area contributed by atoms with Crippen LogP contribution < -0.4 is 5.32 Å². The van der Waals surface area contributed by atoms with Crippen molar-refractivity contribution in [3.05, 3.63) is 64.7 Å². The van der Waals surface area contributed by atoms with Gasteiger partial charge in [-0.05, 0) is 36.8 Å². The first-order valence-corrected chi connectivity index (χ1v) is 9.97. The van der Waals surface area contributed by atoms with E-state index >= 15 is 0 Å². The van der Waals surface area contributed by atoms with Crippen LogP contribution >= 0.6 is 11.6 Å². The topological polar surface area (TPSA) is 89.5 Å². The molecule has 26 heavy (non-hydrogen) atoms. The molecule has 0 heterocycles. The van der Waals surface area contributed by atoms with Crippen molar-refractivity contribution in [2.45, 2.75) is 24.5 Å². The van der Waals surface area contributed by atoms with Crippen LogP contribution in [-0.2, 0) is 25.9 Å². The van der Waals surface area contributed by atoms with Crippen LogP contribution in [0.3, 0.4) is 0 Å². The minimum atomic E-state index is -3.60. The number of nitrogens with one attached hydrogen (secondary N) is 1. The second-order valence-corrected chi connectivity index (χ2v) is 8.08. The SMILES string of the molecule is C[C@H](OC(=O)c1ccccc1S(C)(=O)=O)C(=O)NCc1ccc(Cl)cc1. The van der Waals surface area contributed by atoms with Crippen molar-refractivity contribution in [1.29, 1.82) is 0 Å². The lowest BCUT2D eigenvalue weighted by Crippen LogP contribution is -2.35. The zero-order valence-electron chi connectivity index (χ0n) is 14.2. The maximum atomic E-state index is 12.3. The van der Waals surface area contributed by atoms with Gasteiger partial charge in [-0.1, -0.05) is 35.9 Å². The van der Waals surface area contributed by atoms with Gasteiger partial charge in [-0.2, -0.15) is 0 Å². The maximum Gasteiger partial charge on any atom is 0.340 e. The molecule has 2 aromatic rings. The zero-order valence-corrected chi connectivity index (χ0v) is 15.8. The highest BCUT2D eigenvalue weighted by Gasteiger charge is 2.23. The van der Waals surface area contributed by atoms with E-state index in [2.05, 4.69) is 5.32 Å². The predicted molar refractivity (Wildman–Crippen MR) is 97.7 cm³/mol. The molecular weight excluding hydrogens is 378 g/mol. The fourth-order valence-corrected chi connectivity index (χ4v) is 3.17. The van der Waals surface area contributed by atoms with E-state index in [-0.39, 0.29) is 17.0 Å². The molecule has 0 unspecified atom stereocenters. The van der Waals surface area contributed by atoms with Crippen LogP contribution in [0.2, 0.25) is 5.02 Å². The molecule has 0 saturated heterocycles. The molecule has 0 radical (unpaired) electrons. The summed E-state index contributed by atoms with van der Waals surface area (Å²) in [5.41, 5.74) is 0.732. The number of amides is 1. The molecule has 2 aromatic carbocycles. The molecule has 0 aromatic heterocycles. The number of halogens is 1. The molecule has 1 atom stereocenters. The van der Waals surface area contributed by atoms with Crippen LogP contribution in [-0.4, -0.2) is 32.7 Å². The number of esters is 1. The van der Waals surface area contributed by atoms with Gasteiger partial charge in [0.1, 0.15) is 0 Å². The van der Waals surface area contributed by atoms with Crippen LogP contribution in [0.25, 0.3) is 0 Å². The Balaban J connectivity index is 2.00. The quantitative estimate of drug-likeness (QED) is 0.759. The molecule has 0 aliphatic heterocycles. The molecule has 0 aliphatic carbocycles. The lowest BCUT2D eigenvalue weighted by atomic mass is 10.2. The Bertz CT molecular complexity index is 909. The molecule has 6 nitrogen and oxygen atoms in total. The van der Waals surface area contributed by atoms with Crippen LogP contribution in [0, 0.1) is 0 Å². The van der Waals surface area contributed by atoms with Crippen molar-refractivity contribution in [2.24, 2.45) is 0 Å². The number of rotatable bonds is 6. The van der Waals surface area contributed by atoms with E-state index in [9.17, 15) is 18.0 Å². The molecule has 138 valence electrons. The molecule has 8 heteroatoms. The molecule has 0 saturated carbocycles. The Labute approximate surface area is 157 Å². The van der Waals surface area contributed by atoms with E-state index in [4.69, 9.17) is 16.3 Å². The van der Waals surface area contributed by atoms with Gasteiger partial charge < -0.3 is 10.1 Å². The van der Waals surface area contributed by atoms with Crippen molar-refractivity contribution in [3.8, 4) is 0 Å². The van der Waals surface area contributed by atoms with Crippen LogP contribution in [0.5, 0.6) is 0 Å². The molecule has 0 spiro atoms. The number of sulfone groups is 1. The third kappa shape index (κ3) is 5.31. The van der Waals surface area contributed by atoms with E-state index in [0.717, 1.165) is 11.8 Å². The van der Waals surface area contributed by atoms with E-state index in [1.807, 2.05) is 0 Å². The zero-order chi connectivity index (χ0) is 19.3. The normalized spacial score (nSPS) is 12.3. The number of carbonyl (C=O) groups excluding carboxylic acids is 2. The fraction of sp³-hybridized carbons (Fsp3) is 0.222. The van der Waals surface area contributed by atoms with Gasteiger partial charge in [0, 0.05) is 17.8 Å². The standard InChI is InChI=1S/C18H18ClNO5S/c1-12(17(21)20-11-13-7-9-14(19)10-8-13)25-18(22)15-5-3-4-6-16(15)26(2,23)24/h3-10,12H,11H2,1-2H3,(H,20,21)/t12-/m0/s1. The monoisotopic (exact) mass is 395 g/mol. The summed E-state index contributed by atoms with van der Waals surface area (Å²) in [6.07, 6.45) is -0.0797. The Kier molecular flexibility index (Phi) is 6.39. The van der Waals surface area contributed by atoms with Crippen LogP contribution in [0.1, 0.15) is 22.8 Å². The van der Waals surface area contributed by atoms with Crippen LogP contribution in [0.15, 0.2) is 53.4 Å². The van der Waals surface area contributed by atoms with Gasteiger partial charge in [-0.15, -0.1) is 0 Å². The Morgan fingerprint density at radius 2 is 1.73 bits per heavy atom. The number of hydrogen-bond donors (Lipinski definition) is 1. The summed E-state index contributed by atoms with van der Waals surface area (Å²) < 4.78 is 28.6. The Morgan fingerprint density at radius 3 is 2.35 bits per heavy atom. The summed E-state index contributed by atoms with van der Waals surface area (Å²) in [6, 6.07) is 12.6. The smallest absolute Gasteiger partial charge is 0.340 e. The first kappa shape index (κ1) is 19.9. The molecule has 2 rings (SSSR count). The number of ether oxygens (including phenoxy) is 1. The van der Waals surface area contributed by atoms with Crippen molar-refractivity contribution >= 4 is 33.3 Å². The van der Waals surface area contributed by atoms with E-state index < -0.39 is 27.8 Å². The minimum Gasteiger partial charge on any atom is -0.449 e. The van der Waals surface area contributed by atoms with Gasteiger partial charge in [0.05, 0.1) is 10.5 Å². The third-order valence-corrected chi connectivity index (χ3v) is 4.95. The predicted octanol–water partition coefficient (Wildman–Crippen LogP) is 2.61. The highest BCUT2D eigenvalue weighted by Crippen LogP contribution is 2.17. The molecule has 0 bridgehead atoms. The lowest BCUT2D eigenvalue weighted by molar-refractivity contribution is -0.129. The van der Waals surface area contributed by atoms with E-state index in [1.54, 1.807) is 24.3 Å². The summed E-state index contributed by atoms with van der Waals surface area (Å²) in [7, 11) is -3.60. The van der Waals surface area contributed by atoms with Gasteiger partial charge >= 0.3 is 5.97 Å². The third-order valence-electron chi connectivity index (χ3n) is 3.54. The van der Waals surface area contributed by atoms with Crippen LogP contribution in [0.4, 0.5) is 0 Å². The molecule has 0 aliphatic rings. The minimum absolute atomic E-state index is 0.104. The van der Waals surface area contributed by atoms with Gasteiger partial charge in [0.2, 0.25) is 0 Å². The largest absolute Gasteiger partial charge is 0.449 e. The summed E-state index contributed by atoms with van der Waals surface area (Å²) in [5, 5.41) is 3.23. The Morgan fingerprint density at radius 1 is 1.12 bits per heavy atom. The molecular formula is C18H18ClNO5S. The number of benzene rings is 2. The first-order chi connectivity index (χ1) is 12.2. The summed E-state index contributed by atoms with van der Waals surface area (Å²) in [4.78, 5) is 24.2. The molecule has 1 amide bonds.